The minimum Gasteiger partial charge on any atom is -0.504 e. The van der Waals surface area contributed by atoms with E-state index in [0.717, 1.165) is 57.2 Å². The number of benzene rings is 2. The number of carbonyl (C=O) groups is 1. The van der Waals surface area contributed by atoms with Crippen LogP contribution in [0.4, 0.5) is 0 Å². The van der Waals surface area contributed by atoms with Crippen LogP contribution in [0.25, 0.3) is 0 Å². The number of halogens is 1. The van der Waals surface area contributed by atoms with Crippen LogP contribution in [0.5, 0.6) is 11.5 Å². The minimum atomic E-state index is -0.547. The standard InChI is InChI=1S/C28H33NO4.ClH/c1-2-15-29-16-14-27-24-20-10-11-21(30)25(24)33-26(27)22(31)12-13-28(27,23(29)18-20)32-17-6-9-19-7-4-3-5-8-19;/h3-5,7-8,10-11,23,26,30H,2,6,9,12-18H2,1H3;1H/t23-,26?,27+,28-;/m1./s1. The van der Waals surface area contributed by atoms with Crippen molar-refractivity contribution in [3.63, 3.8) is 0 Å². The fourth-order valence-electron chi connectivity index (χ4n) is 7.41. The highest BCUT2D eigenvalue weighted by atomic mass is 35.5. The molecule has 2 aliphatic heterocycles. The summed E-state index contributed by atoms with van der Waals surface area (Å²) in [6.07, 6.45) is 5.41. The third-order valence-corrected chi connectivity index (χ3v) is 8.65. The van der Waals surface area contributed by atoms with E-state index in [4.69, 9.17) is 9.47 Å². The number of ether oxygens (including phenoxy) is 2. The van der Waals surface area contributed by atoms with Gasteiger partial charge in [0.15, 0.2) is 23.4 Å². The first-order valence-electron chi connectivity index (χ1n) is 12.6. The van der Waals surface area contributed by atoms with Crippen molar-refractivity contribution in [3.05, 3.63) is 59.2 Å². The lowest BCUT2D eigenvalue weighted by Gasteiger charge is -2.64. The van der Waals surface area contributed by atoms with Crippen LogP contribution < -0.4 is 4.74 Å². The van der Waals surface area contributed by atoms with Crippen LogP contribution in [0.1, 0.15) is 55.7 Å². The molecule has 1 saturated carbocycles. The largest absolute Gasteiger partial charge is 0.504 e. The van der Waals surface area contributed by atoms with Gasteiger partial charge < -0.3 is 14.6 Å². The van der Waals surface area contributed by atoms with Crippen LogP contribution in [0.3, 0.4) is 0 Å². The van der Waals surface area contributed by atoms with Gasteiger partial charge in [-0.3, -0.25) is 9.69 Å². The molecule has 2 fully saturated rings. The molecule has 0 radical (unpaired) electrons. The lowest BCUT2D eigenvalue weighted by atomic mass is 9.48. The monoisotopic (exact) mass is 483 g/mol. The van der Waals surface area contributed by atoms with Crippen molar-refractivity contribution in [3.8, 4) is 11.5 Å². The van der Waals surface area contributed by atoms with Gasteiger partial charge in [-0.05, 0) is 68.8 Å². The smallest absolute Gasteiger partial charge is 0.174 e. The summed E-state index contributed by atoms with van der Waals surface area (Å²) in [4.78, 5) is 15.8. The number of hydrogen-bond donors (Lipinski definition) is 1. The average Bonchev–Trinajstić information content (AvgIpc) is 3.19. The third kappa shape index (κ3) is 3.16. The van der Waals surface area contributed by atoms with Crippen LogP contribution in [0.15, 0.2) is 42.5 Å². The molecule has 2 aliphatic carbocycles. The summed E-state index contributed by atoms with van der Waals surface area (Å²) in [5, 5.41) is 10.7. The van der Waals surface area contributed by atoms with Crippen molar-refractivity contribution in [2.75, 3.05) is 19.7 Å². The van der Waals surface area contributed by atoms with Crippen LogP contribution >= 0.6 is 12.4 Å². The first kappa shape index (κ1) is 23.7. The average molecular weight is 484 g/mol. The van der Waals surface area contributed by atoms with Crippen LogP contribution in [0.2, 0.25) is 0 Å². The number of likely N-dealkylation sites (tertiary alicyclic amines) is 1. The van der Waals surface area contributed by atoms with E-state index in [1.807, 2.05) is 12.1 Å². The minimum absolute atomic E-state index is 0. The number of nitrogens with zero attached hydrogens (tertiary/aromatic N) is 1. The van der Waals surface area contributed by atoms with Crippen LogP contribution in [0, 0.1) is 0 Å². The molecule has 4 aliphatic rings. The molecule has 34 heavy (non-hydrogen) atoms. The van der Waals surface area contributed by atoms with Gasteiger partial charge in [-0.15, -0.1) is 12.4 Å². The number of piperidine rings is 1. The Morgan fingerprint density at radius 2 is 2.00 bits per heavy atom. The number of hydrogen-bond acceptors (Lipinski definition) is 5. The molecule has 2 aromatic carbocycles. The van der Waals surface area contributed by atoms with E-state index in [0.29, 0.717) is 18.8 Å². The Hall–Kier alpha value is -2.08. The third-order valence-electron chi connectivity index (χ3n) is 8.65. The second kappa shape index (κ2) is 8.85. The number of phenols is 1. The Morgan fingerprint density at radius 3 is 2.79 bits per heavy atom. The summed E-state index contributed by atoms with van der Waals surface area (Å²) in [5.74, 6) is 0.842. The summed E-state index contributed by atoms with van der Waals surface area (Å²) < 4.78 is 13.3. The summed E-state index contributed by atoms with van der Waals surface area (Å²) in [5.41, 5.74) is 2.66. The molecule has 4 atom stereocenters. The number of aromatic hydroxyl groups is 1. The molecular formula is C28H34ClNO4. The van der Waals surface area contributed by atoms with Gasteiger partial charge >= 0.3 is 0 Å². The van der Waals surface area contributed by atoms with E-state index in [1.54, 1.807) is 6.07 Å². The molecule has 1 unspecified atom stereocenters. The van der Waals surface area contributed by atoms with Gasteiger partial charge in [-0.25, -0.2) is 0 Å². The number of phenolic OH excluding ortho intramolecular Hbond substituents is 1. The van der Waals surface area contributed by atoms with E-state index in [2.05, 4.69) is 36.1 Å². The number of ketones is 1. The predicted molar refractivity (Wildman–Crippen MR) is 133 cm³/mol. The lowest BCUT2D eigenvalue weighted by molar-refractivity contribution is -0.213. The molecule has 0 amide bonds. The fraction of sp³-hybridized carbons (Fsp3) is 0.536. The topological polar surface area (TPSA) is 59.0 Å². The maximum Gasteiger partial charge on any atom is 0.174 e. The summed E-state index contributed by atoms with van der Waals surface area (Å²) >= 11 is 0. The molecular weight excluding hydrogens is 450 g/mol. The van der Waals surface area contributed by atoms with E-state index < -0.39 is 17.1 Å². The van der Waals surface area contributed by atoms with Gasteiger partial charge in [-0.1, -0.05) is 43.3 Å². The molecule has 2 bridgehead atoms. The Kier molecular flexibility index (Phi) is 6.16. The van der Waals surface area contributed by atoms with E-state index >= 15 is 0 Å². The van der Waals surface area contributed by atoms with E-state index in [9.17, 15) is 9.90 Å². The van der Waals surface area contributed by atoms with Crippen molar-refractivity contribution >= 4 is 18.2 Å². The highest BCUT2D eigenvalue weighted by Gasteiger charge is 2.74. The number of rotatable bonds is 7. The molecule has 2 aromatic rings. The quantitative estimate of drug-likeness (QED) is 0.583. The zero-order valence-electron chi connectivity index (χ0n) is 19.8. The van der Waals surface area contributed by atoms with Crippen molar-refractivity contribution in [2.24, 2.45) is 0 Å². The maximum absolute atomic E-state index is 13.2. The summed E-state index contributed by atoms with van der Waals surface area (Å²) in [7, 11) is 0. The zero-order chi connectivity index (χ0) is 22.6. The molecule has 6 rings (SSSR count). The molecule has 5 nitrogen and oxygen atoms in total. The van der Waals surface area contributed by atoms with Gasteiger partial charge in [0.05, 0.1) is 11.0 Å². The van der Waals surface area contributed by atoms with E-state index in [1.165, 1.54) is 11.1 Å². The molecule has 6 heteroatoms. The Morgan fingerprint density at radius 1 is 1.18 bits per heavy atom. The first-order chi connectivity index (χ1) is 16.1. The fourth-order valence-corrected chi connectivity index (χ4v) is 7.41. The van der Waals surface area contributed by atoms with Crippen LogP contribution in [-0.2, 0) is 27.8 Å². The van der Waals surface area contributed by atoms with Crippen molar-refractivity contribution in [2.45, 2.75) is 75.0 Å². The molecule has 2 heterocycles. The Bertz CT molecular complexity index is 1080. The second-order valence-corrected chi connectivity index (χ2v) is 10.2. The molecule has 1 spiro atoms. The molecule has 1 saturated heterocycles. The van der Waals surface area contributed by atoms with Gasteiger partial charge in [0.2, 0.25) is 0 Å². The number of aryl methyl sites for hydroxylation is 1. The summed E-state index contributed by atoms with van der Waals surface area (Å²) in [6, 6.07) is 14.6. The Labute approximate surface area is 207 Å². The lowest BCUT2D eigenvalue weighted by Crippen LogP contribution is -2.77. The summed E-state index contributed by atoms with van der Waals surface area (Å²) in [6.45, 7) is 4.87. The number of Topliss-reactive ketones (excluding diaryl/α,β-unsaturated/α-hetero) is 1. The SMILES string of the molecule is CCCN1CC[C@]23c4c5ccc(O)c4OC2C(=O)CC[C@@]3(OCCCc2ccccc2)[C@H]1C5.Cl. The van der Waals surface area contributed by atoms with Crippen molar-refractivity contribution in [1.82, 2.24) is 4.90 Å². The highest BCUT2D eigenvalue weighted by Crippen LogP contribution is 2.66. The van der Waals surface area contributed by atoms with Gasteiger partial charge in [-0.2, -0.15) is 0 Å². The molecule has 0 aromatic heterocycles. The van der Waals surface area contributed by atoms with Crippen molar-refractivity contribution in [1.29, 1.82) is 0 Å². The molecule has 1 N–H and O–H groups in total. The van der Waals surface area contributed by atoms with Gasteiger partial charge in [0.25, 0.3) is 0 Å². The Balaban J connectivity index is 0.00000241. The first-order valence-corrected chi connectivity index (χ1v) is 12.6. The number of carbonyl (C=O) groups excluding carboxylic acids is 1. The van der Waals surface area contributed by atoms with Crippen LogP contribution in [-0.4, -0.2) is 53.2 Å². The predicted octanol–water partition coefficient (Wildman–Crippen LogP) is 4.60. The highest BCUT2D eigenvalue weighted by molar-refractivity contribution is 5.90. The molecule has 182 valence electrons. The van der Waals surface area contributed by atoms with Gasteiger partial charge in [0, 0.05) is 24.6 Å². The maximum atomic E-state index is 13.2. The van der Waals surface area contributed by atoms with Crippen molar-refractivity contribution < 1.29 is 19.4 Å². The zero-order valence-corrected chi connectivity index (χ0v) is 20.6. The van der Waals surface area contributed by atoms with Gasteiger partial charge in [0.1, 0.15) is 0 Å². The normalized spacial score (nSPS) is 30.9. The second-order valence-electron chi connectivity index (χ2n) is 10.2. The van der Waals surface area contributed by atoms with E-state index in [-0.39, 0.29) is 30.0 Å².